The molecule has 0 saturated heterocycles. The first-order valence-electron chi connectivity index (χ1n) is 9.57. The molecule has 1 aliphatic rings. The van der Waals surface area contributed by atoms with Crippen LogP contribution in [0, 0.1) is 13.8 Å². The smallest absolute Gasteiger partial charge is 0.342 e. The molecule has 1 aliphatic heterocycles. The standard InChI is InChI=1S/C23H20BrNO6/c1-13-7-17(20(27)11-29-23(28)18-9-16(24)4-5-19(18)26)14(2)25(13)10-15-3-6-21-22(8-15)31-12-30-21/h3-9,26H,10-12H2,1-2H3. The van der Waals surface area contributed by atoms with E-state index >= 15 is 0 Å². The summed E-state index contributed by atoms with van der Waals surface area (Å²) in [7, 11) is 0. The average Bonchev–Trinajstić information content (AvgIpc) is 3.33. The summed E-state index contributed by atoms with van der Waals surface area (Å²) in [5.74, 6) is 0.148. The van der Waals surface area contributed by atoms with E-state index in [2.05, 4.69) is 15.9 Å². The first-order chi connectivity index (χ1) is 14.8. The molecule has 0 aliphatic carbocycles. The van der Waals surface area contributed by atoms with Crippen molar-refractivity contribution in [2.45, 2.75) is 20.4 Å². The lowest BCUT2D eigenvalue weighted by molar-refractivity contribution is 0.0471. The van der Waals surface area contributed by atoms with Gasteiger partial charge in [-0.1, -0.05) is 22.0 Å². The molecule has 0 spiro atoms. The van der Waals surface area contributed by atoms with Crippen LogP contribution < -0.4 is 9.47 Å². The fourth-order valence-electron chi connectivity index (χ4n) is 3.51. The number of rotatable bonds is 6. The number of benzene rings is 2. The highest BCUT2D eigenvalue weighted by Gasteiger charge is 2.20. The van der Waals surface area contributed by atoms with Gasteiger partial charge in [-0.15, -0.1) is 0 Å². The molecule has 0 atom stereocenters. The molecular formula is C23H20BrNO6. The Bertz CT molecular complexity index is 1180. The molecule has 0 unspecified atom stereocenters. The molecule has 3 aromatic rings. The van der Waals surface area contributed by atoms with E-state index in [1.54, 1.807) is 12.1 Å². The molecule has 8 heteroatoms. The lowest BCUT2D eigenvalue weighted by Crippen LogP contribution is -2.15. The number of halogens is 1. The van der Waals surface area contributed by atoms with Gasteiger partial charge >= 0.3 is 5.97 Å². The van der Waals surface area contributed by atoms with E-state index in [0.717, 1.165) is 22.7 Å². The van der Waals surface area contributed by atoms with Gasteiger partial charge < -0.3 is 23.9 Å². The SMILES string of the molecule is Cc1cc(C(=O)COC(=O)c2cc(Br)ccc2O)c(C)n1Cc1ccc2c(c1)OCO2. The average molecular weight is 486 g/mol. The lowest BCUT2D eigenvalue weighted by Gasteiger charge is -2.11. The number of hydrogen-bond acceptors (Lipinski definition) is 6. The maximum atomic E-state index is 12.7. The van der Waals surface area contributed by atoms with Crippen molar-refractivity contribution in [3.63, 3.8) is 0 Å². The van der Waals surface area contributed by atoms with Crippen LogP contribution in [0.5, 0.6) is 17.2 Å². The van der Waals surface area contributed by atoms with E-state index in [1.165, 1.54) is 12.1 Å². The topological polar surface area (TPSA) is 87.0 Å². The summed E-state index contributed by atoms with van der Waals surface area (Å²) in [5.41, 5.74) is 3.19. The minimum Gasteiger partial charge on any atom is -0.507 e. The van der Waals surface area contributed by atoms with Crippen molar-refractivity contribution in [2.75, 3.05) is 13.4 Å². The van der Waals surface area contributed by atoms with Crippen LogP contribution in [0.2, 0.25) is 0 Å². The molecule has 7 nitrogen and oxygen atoms in total. The summed E-state index contributed by atoms with van der Waals surface area (Å²) in [4.78, 5) is 25.0. The maximum Gasteiger partial charge on any atom is 0.342 e. The van der Waals surface area contributed by atoms with Gasteiger partial charge in [-0.3, -0.25) is 4.79 Å². The Hall–Kier alpha value is -3.26. The van der Waals surface area contributed by atoms with Gasteiger partial charge in [0.15, 0.2) is 18.1 Å². The Morgan fingerprint density at radius 1 is 1.06 bits per heavy atom. The Kier molecular flexibility index (Phi) is 5.73. The number of ketones is 1. The number of phenolic OH excluding ortho intramolecular Hbond substituents is 1. The van der Waals surface area contributed by atoms with E-state index in [9.17, 15) is 14.7 Å². The van der Waals surface area contributed by atoms with E-state index in [-0.39, 0.29) is 23.9 Å². The maximum absolute atomic E-state index is 12.7. The first-order valence-corrected chi connectivity index (χ1v) is 10.4. The van der Waals surface area contributed by atoms with Crippen molar-refractivity contribution in [3.05, 3.63) is 75.0 Å². The third kappa shape index (κ3) is 4.29. The van der Waals surface area contributed by atoms with Gasteiger partial charge in [-0.2, -0.15) is 0 Å². The molecule has 0 saturated carbocycles. The van der Waals surface area contributed by atoms with Gasteiger partial charge in [0.05, 0.1) is 0 Å². The number of ether oxygens (including phenoxy) is 3. The minimum atomic E-state index is -0.763. The van der Waals surface area contributed by atoms with E-state index in [0.29, 0.717) is 22.3 Å². The van der Waals surface area contributed by atoms with Crippen LogP contribution in [0.3, 0.4) is 0 Å². The number of aromatic hydroxyl groups is 1. The van der Waals surface area contributed by atoms with Gasteiger partial charge in [0.25, 0.3) is 0 Å². The van der Waals surface area contributed by atoms with Crippen molar-refractivity contribution in [1.82, 2.24) is 4.57 Å². The van der Waals surface area contributed by atoms with Crippen molar-refractivity contribution in [1.29, 1.82) is 0 Å². The van der Waals surface area contributed by atoms with Gasteiger partial charge in [0, 0.05) is 28.0 Å². The molecular weight excluding hydrogens is 466 g/mol. The summed E-state index contributed by atoms with van der Waals surface area (Å²) in [6.45, 7) is 4.14. The first kappa shape index (κ1) is 21.0. The number of fused-ring (bicyclic) bond motifs is 1. The number of nitrogens with zero attached hydrogens (tertiary/aromatic N) is 1. The molecule has 160 valence electrons. The van der Waals surface area contributed by atoms with Crippen molar-refractivity contribution < 1.29 is 28.9 Å². The zero-order valence-corrected chi connectivity index (χ0v) is 18.6. The largest absolute Gasteiger partial charge is 0.507 e. The lowest BCUT2D eigenvalue weighted by atomic mass is 10.1. The molecule has 1 N–H and O–H groups in total. The third-order valence-electron chi connectivity index (χ3n) is 5.16. The van der Waals surface area contributed by atoms with Crippen LogP contribution in [0.1, 0.15) is 37.7 Å². The van der Waals surface area contributed by atoms with Crippen LogP contribution in [-0.2, 0) is 11.3 Å². The number of aromatic nitrogens is 1. The molecule has 0 fully saturated rings. The second-order valence-corrected chi connectivity index (χ2v) is 8.14. The molecule has 4 rings (SSSR count). The quantitative estimate of drug-likeness (QED) is 0.411. The summed E-state index contributed by atoms with van der Waals surface area (Å²) < 4.78 is 18.6. The Labute approximate surface area is 187 Å². The Morgan fingerprint density at radius 2 is 1.84 bits per heavy atom. The van der Waals surface area contributed by atoms with Gasteiger partial charge in [0.1, 0.15) is 11.3 Å². The van der Waals surface area contributed by atoms with Crippen LogP contribution in [0.15, 0.2) is 46.9 Å². The number of aryl methyl sites for hydroxylation is 1. The number of hydrogen-bond donors (Lipinski definition) is 1. The molecule has 31 heavy (non-hydrogen) atoms. The van der Waals surface area contributed by atoms with Crippen LogP contribution >= 0.6 is 15.9 Å². The Morgan fingerprint density at radius 3 is 2.65 bits per heavy atom. The van der Waals surface area contributed by atoms with Crippen LogP contribution in [-0.4, -0.2) is 34.8 Å². The predicted octanol–water partition coefficient (Wildman–Crippen LogP) is 4.39. The second-order valence-electron chi connectivity index (χ2n) is 7.22. The van der Waals surface area contributed by atoms with Crippen molar-refractivity contribution in [3.8, 4) is 17.2 Å². The number of phenols is 1. The van der Waals surface area contributed by atoms with Crippen molar-refractivity contribution >= 4 is 27.7 Å². The highest BCUT2D eigenvalue weighted by Crippen LogP contribution is 2.33. The number of carbonyl (C=O) groups is 2. The molecule has 0 radical (unpaired) electrons. The number of Topliss-reactive ketones (excluding diaryl/α,β-unsaturated/α-hetero) is 1. The van der Waals surface area contributed by atoms with Gasteiger partial charge in [-0.05, 0) is 55.8 Å². The van der Waals surface area contributed by atoms with Crippen molar-refractivity contribution in [2.24, 2.45) is 0 Å². The molecule has 0 amide bonds. The number of carbonyl (C=O) groups excluding carboxylic acids is 2. The predicted molar refractivity (Wildman–Crippen MR) is 116 cm³/mol. The van der Waals surface area contributed by atoms with Crippen LogP contribution in [0.25, 0.3) is 0 Å². The monoisotopic (exact) mass is 485 g/mol. The second kappa shape index (κ2) is 8.47. The molecule has 1 aromatic heterocycles. The fraction of sp³-hybridized carbons (Fsp3) is 0.217. The van der Waals surface area contributed by atoms with Gasteiger partial charge in [-0.25, -0.2) is 4.79 Å². The van der Waals surface area contributed by atoms with E-state index < -0.39 is 12.6 Å². The molecule has 2 aromatic carbocycles. The van der Waals surface area contributed by atoms with E-state index in [4.69, 9.17) is 14.2 Å². The summed E-state index contributed by atoms with van der Waals surface area (Å²) in [6.07, 6.45) is 0. The minimum absolute atomic E-state index is 0.00421. The summed E-state index contributed by atoms with van der Waals surface area (Å²) in [6, 6.07) is 12.0. The van der Waals surface area contributed by atoms with Gasteiger partial charge in [0.2, 0.25) is 12.6 Å². The molecule has 0 bridgehead atoms. The highest BCUT2D eigenvalue weighted by atomic mass is 79.9. The summed E-state index contributed by atoms with van der Waals surface area (Å²) in [5, 5.41) is 9.84. The summed E-state index contributed by atoms with van der Waals surface area (Å²) >= 11 is 3.24. The third-order valence-corrected chi connectivity index (χ3v) is 5.66. The zero-order chi connectivity index (χ0) is 22.1. The normalized spacial score (nSPS) is 12.1. The zero-order valence-electron chi connectivity index (χ0n) is 17.0. The van der Waals surface area contributed by atoms with E-state index in [1.807, 2.05) is 36.6 Å². The highest BCUT2D eigenvalue weighted by molar-refractivity contribution is 9.10. The molecule has 2 heterocycles. The Balaban J connectivity index is 1.47. The van der Waals surface area contributed by atoms with Crippen LogP contribution in [0.4, 0.5) is 0 Å². The number of esters is 1. The fourth-order valence-corrected chi connectivity index (χ4v) is 3.87.